The van der Waals surface area contributed by atoms with E-state index >= 15 is 0 Å². The fourth-order valence-corrected chi connectivity index (χ4v) is 9.11. The number of Topliss-reactive ketones (excluding diaryl/α,β-unsaturated/α-hetero) is 2. The zero-order chi connectivity index (χ0) is 36.2. The Morgan fingerprint density at radius 2 is 0.868 bits per heavy atom. The Balaban J connectivity index is 1.03. The first-order valence-electron chi connectivity index (χ1n) is 18.3. The molecule has 7 aromatic rings. The summed E-state index contributed by atoms with van der Waals surface area (Å²) in [4.78, 5) is 29.5. The minimum Gasteiger partial charge on any atom is -0.310 e. The second-order valence-corrected chi connectivity index (χ2v) is 15.7. The van der Waals surface area contributed by atoms with Gasteiger partial charge in [0.2, 0.25) is 0 Å². The van der Waals surface area contributed by atoms with Gasteiger partial charge in [0.15, 0.2) is 11.6 Å². The lowest BCUT2D eigenvalue weighted by atomic mass is 9.79. The quantitative estimate of drug-likeness (QED) is 0.137. The van der Waals surface area contributed by atoms with Crippen molar-refractivity contribution in [3.8, 4) is 22.3 Å². The molecule has 3 aliphatic rings. The molecular weight excluding hydrogens is 647 g/mol. The van der Waals surface area contributed by atoms with Gasteiger partial charge in [0.1, 0.15) is 0 Å². The number of carbonyl (C=O) groups is 2. The highest BCUT2D eigenvalue weighted by molar-refractivity contribution is 6.42. The van der Waals surface area contributed by atoms with Gasteiger partial charge in [-0.25, -0.2) is 0 Å². The van der Waals surface area contributed by atoms with Crippen molar-refractivity contribution in [3.63, 3.8) is 0 Å². The number of ketones is 2. The van der Waals surface area contributed by atoms with E-state index in [1.54, 1.807) is 6.08 Å². The van der Waals surface area contributed by atoms with Crippen LogP contribution in [0.3, 0.4) is 0 Å². The Hall–Kier alpha value is -6.32. The second-order valence-electron chi connectivity index (χ2n) is 15.7. The Bertz CT molecular complexity index is 2660. The highest BCUT2D eigenvalue weighted by Crippen LogP contribution is 2.57. The van der Waals surface area contributed by atoms with E-state index in [2.05, 4.69) is 142 Å². The zero-order valence-electron chi connectivity index (χ0n) is 30.2. The number of hydrogen-bond acceptors (Lipinski definition) is 3. The SMILES string of the molecule is CC1(C)c2cc(C=C3C(=O)c4cc5ccccc5cc4C3=O)ccc2-c2cc3c(cc21)-c1ccc(N(c2ccccc2)c2ccccc2)cc1C3(C)C. The molecule has 3 nitrogen and oxygen atoms in total. The zero-order valence-corrected chi connectivity index (χ0v) is 30.2. The lowest BCUT2D eigenvalue weighted by molar-refractivity contribution is 0.0990. The van der Waals surface area contributed by atoms with Gasteiger partial charge in [0.05, 0.1) is 5.57 Å². The van der Waals surface area contributed by atoms with Crippen LogP contribution in [-0.4, -0.2) is 11.6 Å². The van der Waals surface area contributed by atoms with E-state index < -0.39 is 0 Å². The van der Waals surface area contributed by atoms with E-state index in [-0.39, 0.29) is 28.0 Å². The van der Waals surface area contributed by atoms with Gasteiger partial charge >= 0.3 is 0 Å². The summed E-state index contributed by atoms with van der Waals surface area (Å²) in [6.45, 7) is 9.26. The van der Waals surface area contributed by atoms with Gasteiger partial charge in [-0.15, -0.1) is 0 Å². The molecule has 0 unspecified atom stereocenters. The van der Waals surface area contributed by atoms with Crippen LogP contribution in [-0.2, 0) is 10.8 Å². The lowest BCUT2D eigenvalue weighted by Gasteiger charge is -2.28. The van der Waals surface area contributed by atoms with Gasteiger partial charge < -0.3 is 4.90 Å². The molecule has 53 heavy (non-hydrogen) atoms. The maximum Gasteiger partial charge on any atom is 0.197 e. The number of fused-ring (bicyclic) bond motifs is 8. The van der Waals surface area contributed by atoms with Gasteiger partial charge in [-0.2, -0.15) is 0 Å². The van der Waals surface area contributed by atoms with E-state index in [1.165, 1.54) is 44.5 Å². The molecule has 0 N–H and O–H groups in total. The fourth-order valence-electron chi connectivity index (χ4n) is 9.11. The van der Waals surface area contributed by atoms with Crippen LogP contribution in [0.5, 0.6) is 0 Å². The molecule has 254 valence electrons. The van der Waals surface area contributed by atoms with Crippen molar-refractivity contribution in [2.75, 3.05) is 4.90 Å². The molecule has 0 spiro atoms. The van der Waals surface area contributed by atoms with Crippen molar-refractivity contribution >= 4 is 45.5 Å². The molecule has 0 radical (unpaired) electrons. The molecule has 0 saturated heterocycles. The van der Waals surface area contributed by atoms with Gasteiger partial charge in [-0.1, -0.05) is 113 Å². The molecule has 0 fully saturated rings. The minimum atomic E-state index is -0.275. The van der Waals surface area contributed by atoms with Crippen LogP contribution in [0.4, 0.5) is 17.1 Å². The fraction of sp³-hybridized carbons (Fsp3) is 0.120. The average Bonchev–Trinajstić information content (AvgIpc) is 3.64. The molecule has 0 heterocycles. The normalized spacial score (nSPS) is 15.5. The molecule has 0 saturated carbocycles. The summed E-state index contributed by atoms with van der Waals surface area (Å²) in [5, 5.41) is 1.93. The summed E-state index contributed by atoms with van der Waals surface area (Å²) < 4.78 is 0. The van der Waals surface area contributed by atoms with Crippen molar-refractivity contribution in [1.82, 2.24) is 0 Å². The molecule has 10 rings (SSSR count). The molecule has 0 amide bonds. The minimum absolute atomic E-state index is 0.199. The first kappa shape index (κ1) is 31.4. The summed E-state index contributed by atoms with van der Waals surface area (Å²) in [5.74, 6) is -0.398. The molecule has 0 bridgehead atoms. The second kappa shape index (κ2) is 11.1. The monoisotopic (exact) mass is 683 g/mol. The van der Waals surface area contributed by atoms with E-state index in [1.807, 2.05) is 36.4 Å². The Kier molecular flexibility index (Phi) is 6.57. The molecule has 3 aliphatic carbocycles. The van der Waals surface area contributed by atoms with Crippen LogP contribution in [0.1, 0.15) is 76.2 Å². The van der Waals surface area contributed by atoms with Gasteiger partial charge in [-0.05, 0) is 128 Å². The Labute approximate surface area is 309 Å². The third kappa shape index (κ3) is 4.53. The number of rotatable bonds is 4. The van der Waals surface area contributed by atoms with Crippen LogP contribution in [0, 0.1) is 0 Å². The first-order chi connectivity index (χ1) is 25.6. The highest BCUT2D eigenvalue weighted by Gasteiger charge is 2.42. The van der Waals surface area contributed by atoms with Crippen molar-refractivity contribution < 1.29 is 9.59 Å². The Morgan fingerprint density at radius 1 is 0.415 bits per heavy atom. The smallest absolute Gasteiger partial charge is 0.197 e. The van der Waals surface area contributed by atoms with Crippen LogP contribution in [0.25, 0.3) is 39.1 Å². The summed E-state index contributed by atoms with van der Waals surface area (Å²) in [7, 11) is 0. The maximum atomic E-state index is 13.6. The number of hydrogen-bond donors (Lipinski definition) is 0. The molecule has 0 atom stereocenters. The molecule has 0 aromatic heterocycles. The van der Waals surface area contributed by atoms with Crippen molar-refractivity contribution in [2.24, 2.45) is 0 Å². The first-order valence-corrected chi connectivity index (χ1v) is 18.3. The highest BCUT2D eigenvalue weighted by atomic mass is 16.2. The topological polar surface area (TPSA) is 37.4 Å². The maximum absolute atomic E-state index is 13.6. The van der Waals surface area contributed by atoms with E-state index in [0.717, 1.165) is 33.4 Å². The molecule has 3 heteroatoms. The van der Waals surface area contributed by atoms with Gasteiger partial charge in [-0.3, -0.25) is 9.59 Å². The average molecular weight is 684 g/mol. The number of para-hydroxylation sites is 2. The summed E-state index contributed by atoms with van der Waals surface area (Å²) in [5.41, 5.74) is 15.2. The van der Waals surface area contributed by atoms with E-state index in [9.17, 15) is 9.59 Å². The van der Waals surface area contributed by atoms with Crippen LogP contribution in [0.15, 0.2) is 151 Å². The number of anilines is 3. The summed E-state index contributed by atoms with van der Waals surface area (Å²) >= 11 is 0. The number of carbonyl (C=O) groups excluding carboxylic acids is 2. The molecule has 7 aromatic carbocycles. The summed E-state index contributed by atoms with van der Waals surface area (Å²) in [6, 6.07) is 50.9. The van der Waals surface area contributed by atoms with Crippen LogP contribution < -0.4 is 4.90 Å². The van der Waals surface area contributed by atoms with E-state index in [4.69, 9.17) is 0 Å². The lowest BCUT2D eigenvalue weighted by Crippen LogP contribution is -2.17. The van der Waals surface area contributed by atoms with Crippen molar-refractivity contribution in [1.29, 1.82) is 0 Å². The number of benzene rings is 7. The van der Waals surface area contributed by atoms with Gasteiger partial charge in [0, 0.05) is 39.0 Å². The van der Waals surface area contributed by atoms with Crippen LogP contribution >= 0.6 is 0 Å². The Morgan fingerprint density at radius 3 is 1.40 bits per heavy atom. The third-order valence-corrected chi connectivity index (χ3v) is 11.9. The summed E-state index contributed by atoms with van der Waals surface area (Å²) in [6.07, 6.45) is 1.79. The predicted octanol–water partition coefficient (Wildman–Crippen LogP) is 12.4. The predicted molar refractivity (Wildman–Crippen MR) is 217 cm³/mol. The number of nitrogens with zero attached hydrogens (tertiary/aromatic N) is 1. The molecular formula is C50H37NO2. The largest absolute Gasteiger partial charge is 0.310 e. The third-order valence-electron chi connectivity index (χ3n) is 11.9. The van der Waals surface area contributed by atoms with Crippen LogP contribution in [0.2, 0.25) is 0 Å². The van der Waals surface area contributed by atoms with Crippen molar-refractivity contribution in [2.45, 2.75) is 38.5 Å². The van der Waals surface area contributed by atoms with Gasteiger partial charge in [0.25, 0.3) is 0 Å². The standard InChI is InChI=1S/C50H37NO2/c1-49(2)43-24-30(23-42-47(52)40-25-31-13-11-12-14-32(31)26-41(40)48(42)53)19-21-36(43)38-28-46-39(29-45(38)49)37-22-20-35(27-44(37)50(46,3)4)51(33-15-7-5-8-16-33)34-17-9-6-10-18-34/h5-29H,1-4H3. The van der Waals surface area contributed by atoms with E-state index in [0.29, 0.717) is 11.1 Å². The van der Waals surface area contributed by atoms with Crippen molar-refractivity contribution in [3.05, 3.63) is 190 Å². The number of allylic oxidation sites excluding steroid dienone is 1. The molecule has 0 aliphatic heterocycles.